The van der Waals surface area contributed by atoms with E-state index in [1.807, 2.05) is 19.9 Å². The van der Waals surface area contributed by atoms with E-state index < -0.39 is 5.60 Å². The number of hydrogen-bond donors (Lipinski definition) is 2. The summed E-state index contributed by atoms with van der Waals surface area (Å²) in [7, 11) is 0. The molecule has 0 aromatic carbocycles. The third-order valence-electron chi connectivity index (χ3n) is 3.01. The number of rotatable bonds is 3. The lowest BCUT2D eigenvalue weighted by Gasteiger charge is -2.19. The topological polar surface area (TPSA) is 62.5 Å². The Balaban J connectivity index is 1.94. The van der Waals surface area contributed by atoms with Crippen LogP contribution in [-0.2, 0) is 11.3 Å². The number of hydrogen-bond acceptors (Lipinski definition) is 4. The third kappa shape index (κ3) is 2.66. The lowest BCUT2D eigenvalue weighted by molar-refractivity contribution is -0.137. The maximum atomic E-state index is 11.9. The second-order valence-electron chi connectivity index (χ2n) is 4.46. The molecule has 2 heterocycles. The van der Waals surface area contributed by atoms with Gasteiger partial charge in [-0.05, 0) is 32.1 Å². The minimum Gasteiger partial charge on any atom is -0.466 e. The lowest BCUT2D eigenvalue weighted by Crippen LogP contribution is -2.46. The summed E-state index contributed by atoms with van der Waals surface area (Å²) in [6.07, 6.45) is 0.535. The zero-order valence-corrected chi connectivity index (χ0v) is 10.9. The van der Waals surface area contributed by atoms with Crippen molar-refractivity contribution in [1.82, 2.24) is 5.32 Å². The Morgan fingerprint density at radius 1 is 1.65 bits per heavy atom. The first-order chi connectivity index (χ1) is 8.01. The monoisotopic (exact) mass is 255 g/mol. The van der Waals surface area contributed by atoms with E-state index in [1.165, 1.54) is 0 Å². The highest BCUT2D eigenvalue weighted by atomic mass is 32.2. The normalized spacial score (nSPS) is 23.9. The summed E-state index contributed by atoms with van der Waals surface area (Å²) < 4.78 is 5.38. The number of aryl methyl sites for hydroxylation is 2. The van der Waals surface area contributed by atoms with Crippen molar-refractivity contribution in [1.29, 1.82) is 0 Å². The summed E-state index contributed by atoms with van der Waals surface area (Å²) in [5.74, 6) is 2.70. The molecule has 1 aliphatic rings. The highest BCUT2D eigenvalue weighted by Gasteiger charge is 2.39. The van der Waals surface area contributed by atoms with E-state index >= 15 is 0 Å². The molecule has 0 spiro atoms. The smallest absolute Gasteiger partial charge is 0.253 e. The Morgan fingerprint density at radius 2 is 2.41 bits per heavy atom. The van der Waals surface area contributed by atoms with Gasteiger partial charge in [-0.15, -0.1) is 0 Å². The summed E-state index contributed by atoms with van der Waals surface area (Å²) in [5.41, 5.74) is -0.220. The molecule has 2 N–H and O–H groups in total. The van der Waals surface area contributed by atoms with Crippen LogP contribution in [0.3, 0.4) is 0 Å². The van der Waals surface area contributed by atoms with Gasteiger partial charge in [0.2, 0.25) is 0 Å². The predicted octanol–water partition coefficient (Wildman–Crippen LogP) is 1.38. The maximum Gasteiger partial charge on any atom is 0.253 e. The minimum atomic E-state index is -1.18. The van der Waals surface area contributed by atoms with Gasteiger partial charge in [0.25, 0.3) is 5.91 Å². The van der Waals surface area contributed by atoms with Crippen LogP contribution in [-0.4, -0.2) is 28.1 Å². The van der Waals surface area contributed by atoms with E-state index in [2.05, 4.69) is 5.32 Å². The molecule has 1 fully saturated rings. The summed E-state index contributed by atoms with van der Waals surface area (Å²) in [6.45, 7) is 4.16. The Hall–Kier alpha value is -0.940. The average Bonchev–Trinajstić information content (AvgIpc) is 2.83. The van der Waals surface area contributed by atoms with Crippen LogP contribution in [0.2, 0.25) is 0 Å². The molecule has 17 heavy (non-hydrogen) atoms. The fourth-order valence-corrected chi connectivity index (χ4v) is 3.17. The molecule has 1 atom stereocenters. The van der Waals surface area contributed by atoms with Crippen molar-refractivity contribution in [2.45, 2.75) is 32.4 Å². The Labute approximate surface area is 105 Å². The van der Waals surface area contributed by atoms with Crippen molar-refractivity contribution in [3.05, 3.63) is 23.2 Å². The van der Waals surface area contributed by atoms with Gasteiger partial charge in [-0.25, -0.2) is 0 Å². The fourth-order valence-electron chi connectivity index (χ4n) is 1.93. The van der Waals surface area contributed by atoms with Crippen LogP contribution in [0.1, 0.15) is 23.5 Å². The Morgan fingerprint density at radius 3 is 2.94 bits per heavy atom. The quantitative estimate of drug-likeness (QED) is 0.856. The van der Waals surface area contributed by atoms with Gasteiger partial charge in [-0.2, -0.15) is 11.8 Å². The van der Waals surface area contributed by atoms with Crippen LogP contribution in [0.15, 0.2) is 10.5 Å². The van der Waals surface area contributed by atoms with Crippen LogP contribution in [0.25, 0.3) is 0 Å². The number of aliphatic hydroxyl groups is 1. The second kappa shape index (κ2) is 4.74. The van der Waals surface area contributed by atoms with E-state index in [0.717, 1.165) is 22.8 Å². The summed E-state index contributed by atoms with van der Waals surface area (Å²) >= 11 is 1.61. The van der Waals surface area contributed by atoms with Gasteiger partial charge in [0.1, 0.15) is 11.5 Å². The van der Waals surface area contributed by atoms with Crippen molar-refractivity contribution in [3.8, 4) is 0 Å². The van der Waals surface area contributed by atoms with Crippen molar-refractivity contribution >= 4 is 17.7 Å². The van der Waals surface area contributed by atoms with E-state index in [1.54, 1.807) is 11.8 Å². The van der Waals surface area contributed by atoms with Gasteiger partial charge < -0.3 is 14.8 Å². The van der Waals surface area contributed by atoms with Gasteiger partial charge in [-0.3, -0.25) is 4.79 Å². The third-order valence-corrected chi connectivity index (χ3v) is 4.18. The molecule has 5 heteroatoms. The summed E-state index contributed by atoms with van der Waals surface area (Å²) in [6, 6.07) is 1.91. The van der Waals surface area contributed by atoms with Crippen molar-refractivity contribution < 1.29 is 14.3 Å². The average molecular weight is 255 g/mol. The van der Waals surface area contributed by atoms with E-state index in [0.29, 0.717) is 18.7 Å². The number of carbonyl (C=O) groups is 1. The molecule has 1 amide bonds. The number of amides is 1. The first kappa shape index (κ1) is 12.5. The van der Waals surface area contributed by atoms with Crippen molar-refractivity contribution in [2.75, 3.05) is 11.5 Å². The van der Waals surface area contributed by atoms with Gasteiger partial charge in [0, 0.05) is 17.9 Å². The molecule has 0 bridgehead atoms. The lowest BCUT2D eigenvalue weighted by atomic mass is 10.0. The predicted molar refractivity (Wildman–Crippen MR) is 66.9 cm³/mol. The maximum absolute atomic E-state index is 11.9. The molecule has 4 nitrogen and oxygen atoms in total. The van der Waals surface area contributed by atoms with Crippen LogP contribution in [0.4, 0.5) is 0 Å². The minimum absolute atomic E-state index is 0.277. The van der Waals surface area contributed by atoms with Gasteiger partial charge in [0.15, 0.2) is 5.60 Å². The molecule has 0 radical (unpaired) electrons. The molecule has 1 saturated heterocycles. The van der Waals surface area contributed by atoms with E-state index in [9.17, 15) is 9.90 Å². The van der Waals surface area contributed by atoms with E-state index in [-0.39, 0.29) is 5.91 Å². The largest absolute Gasteiger partial charge is 0.466 e. The first-order valence-electron chi connectivity index (χ1n) is 5.65. The Kier molecular flexibility index (Phi) is 3.49. The molecule has 1 aromatic heterocycles. The summed E-state index contributed by atoms with van der Waals surface area (Å²) in [4.78, 5) is 11.9. The second-order valence-corrected chi connectivity index (χ2v) is 5.56. The van der Waals surface area contributed by atoms with Crippen LogP contribution in [0, 0.1) is 13.8 Å². The van der Waals surface area contributed by atoms with Crippen molar-refractivity contribution in [2.24, 2.45) is 0 Å². The zero-order chi connectivity index (χ0) is 12.5. The number of nitrogens with one attached hydrogen (secondary N) is 1. The van der Waals surface area contributed by atoms with Crippen LogP contribution >= 0.6 is 11.8 Å². The van der Waals surface area contributed by atoms with Crippen LogP contribution < -0.4 is 5.32 Å². The molecule has 0 saturated carbocycles. The molecule has 1 aliphatic heterocycles. The highest BCUT2D eigenvalue weighted by molar-refractivity contribution is 7.99. The highest BCUT2D eigenvalue weighted by Crippen LogP contribution is 2.28. The van der Waals surface area contributed by atoms with Gasteiger partial charge in [-0.1, -0.05) is 0 Å². The number of furan rings is 1. The molecular formula is C12H17NO3S. The first-order valence-corrected chi connectivity index (χ1v) is 6.81. The number of carbonyl (C=O) groups excluding carboxylic acids is 1. The molecule has 1 aromatic rings. The van der Waals surface area contributed by atoms with E-state index in [4.69, 9.17) is 4.42 Å². The zero-order valence-electron chi connectivity index (χ0n) is 10.1. The molecular weight excluding hydrogens is 238 g/mol. The fraction of sp³-hybridized carbons (Fsp3) is 0.583. The Bertz CT molecular complexity index is 421. The number of thioether (sulfide) groups is 1. The molecule has 1 unspecified atom stereocenters. The molecule has 94 valence electrons. The van der Waals surface area contributed by atoms with Crippen molar-refractivity contribution in [3.63, 3.8) is 0 Å². The van der Waals surface area contributed by atoms with Gasteiger partial charge in [0.05, 0.1) is 0 Å². The standard InChI is InChI=1S/C12H17NO3S/c1-8-5-10(9(2)16-8)6-13-11(14)12(15)3-4-17-7-12/h5,15H,3-4,6-7H2,1-2H3,(H,13,14). The van der Waals surface area contributed by atoms with Crippen LogP contribution in [0.5, 0.6) is 0 Å². The molecule has 0 aliphatic carbocycles. The van der Waals surface area contributed by atoms with Gasteiger partial charge >= 0.3 is 0 Å². The summed E-state index contributed by atoms with van der Waals surface area (Å²) in [5, 5.41) is 12.8. The SMILES string of the molecule is Cc1cc(CNC(=O)C2(O)CCSC2)c(C)o1. The molecule has 2 rings (SSSR count).